The highest BCUT2D eigenvalue weighted by Crippen LogP contribution is 2.24. The first-order valence-electron chi connectivity index (χ1n) is 8.68. The Morgan fingerprint density at radius 3 is 2.85 bits per heavy atom. The average molecular weight is 363 g/mol. The first-order valence-corrected chi connectivity index (χ1v) is 8.68. The maximum atomic E-state index is 5.92. The van der Waals surface area contributed by atoms with E-state index in [0.717, 1.165) is 29.0 Å². The Balaban J connectivity index is 1.61. The van der Waals surface area contributed by atoms with Gasteiger partial charge < -0.3 is 9.72 Å². The van der Waals surface area contributed by atoms with Crippen molar-refractivity contribution in [1.82, 2.24) is 29.1 Å². The lowest BCUT2D eigenvalue weighted by atomic mass is 10.2. The molecule has 138 valence electrons. The van der Waals surface area contributed by atoms with Crippen molar-refractivity contribution in [3.63, 3.8) is 0 Å². The summed E-state index contributed by atoms with van der Waals surface area (Å²) in [7, 11) is 1.74. The summed E-state index contributed by atoms with van der Waals surface area (Å²) in [4.78, 5) is 13.4. The SMILES string of the molecule is CCn1cc(-c2cnc(N(C)N)c(NCc3ccc4nccn4c3)n2)cn1. The third-order valence-electron chi connectivity index (χ3n) is 4.25. The summed E-state index contributed by atoms with van der Waals surface area (Å²) in [6.07, 6.45) is 11.2. The van der Waals surface area contributed by atoms with Crippen molar-refractivity contribution >= 4 is 17.3 Å². The van der Waals surface area contributed by atoms with Crippen LogP contribution in [0.4, 0.5) is 11.6 Å². The predicted octanol–water partition coefficient (Wildman–Crippen LogP) is 1.93. The Bertz CT molecular complexity index is 1060. The van der Waals surface area contributed by atoms with E-state index in [-0.39, 0.29) is 0 Å². The smallest absolute Gasteiger partial charge is 0.185 e. The number of nitrogens with zero attached hydrogens (tertiary/aromatic N) is 7. The van der Waals surface area contributed by atoms with Crippen LogP contribution in [0.25, 0.3) is 16.9 Å². The molecule has 0 aliphatic rings. The van der Waals surface area contributed by atoms with Gasteiger partial charge in [-0.1, -0.05) is 6.07 Å². The minimum absolute atomic E-state index is 0.574. The number of pyridine rings is 1. The van der Waals surface area contributed by atoms with E-state index in [4.69, 9.17) is 10.8 Å². The molecular weight excluding hydrogens is 342 g/mol. The van der Waals surface area contributed by atoms with Crippen molar-refractivity contribution in [2.45, 2.75) is 20.0 Å². The fourth-order valence-electron chi connectivity index (χ4n) is 2.82. The number of rotatable bonds is 6. The van der Waals surface area contributed by atoms with E-state index >= 15 is 0 Å². The Morgan fingerprint density at radius 2 is 2.07 bits per heavy atom. The van der Waals surface area contributed by atoms with Gasteiger partial charge in [-0.2, -0.15) is 5.10 Å². The van der Waals surface area contributed by atoms with Gasteiger partial charge in [0.15, 0.2) is 11.6 Å². The van der Waals surface area contributed by atoms with Gasteiger partial charge in [-0.3, -0.25) is 9.69 Å². The lowest BCUT2D eigenvalue weighted by Gasteiger charge is -2.16. The monoisotopic (exact) mass is 363 g/mol. The van der Waals surface area contributed by atoms with Gasteiger partial charge in [0, 0.05) is 50.5 Å². The summed E-state index contributed by atoms with van der Waals surface area (Å²) in [5.74, 6) is 7.11. The molecule has 3 N–H and O–H groups in total. The zero-order valence-electron chi connectivity index (χ0n) is 15.2. The van der Waals surface area contributed by atoms with Crippen LogP contribution >= 0.6 is 0 Å². The van der Waals surface area contributed by atoms with Crippen LogP contribution in [0.1, 0.15) is 12.5 Å². The summed E-state index contributed by atoms with van der Waals surface area (Å²) >= 11 is 0. The number of hydrogen-bond acceptors (Lipinski definition) is 7. The van der Waals surface area contributed by atoms with Crippen molar-refractivity contribution < 1.29 is 0 Å². The maximum absolute atomic E-state index is 5.92. The molecule has 27 heavy (non-hydrogen) atoms. The first kappa shape index (κ1) is 17.0. The highest BCUT2D eigenvalue weighted by molar-refractivity contribution is 5.66. The molecule has 9 nitrogen and oxygen atoms in total. The molecule has 0 bridgehead atoms. The van der Waals surface area contributed by atoms with E-state index in [2.05, 4.69) is 20.4 Å². The summed E-state index contributed by atoms with van der Waals surface area (Å²) < 4.78 is 3.83. The van der Waals surface area contributed by atoms with Crippen LogP contribution in [0.15, 0.2) is 49.3 Å². The summed E-state index contributed by atoms with van der Waals surface area (Å²) in [6, 6.07) is 4.01. The van der Waals surface area contributed by atoms with Crippen molar-refractivity contribution in [2.75, 3.05) is 17.4 Å². The zero-order chi connectivity index (χ0) is 18.8. The van der Waals surface area contributed by atoms with Gasteiger partial charge in [-0.05, 0) is 18.6 Å². The molecule has 0 spiro atoms. The van der Waals surface area contributed by atoms with E-state index < -0.39 is 0 Å². The highest BCUT2D eigenvalue weighted by Gasteiger charge is 2.12. The van der Waals surface area contributed by atoms with E-state index in [9.17, 15) is 0 Å². The number of hydrogen-bond donors (Lipinski definition) is 2. The van der Waals surface area contributed by atoms with Gasteiger partial charge in [0.2, 0.25) is 0 Å². The van der Waals surface area contributed by atoms with Gasteiger partial charge in [0.05, 0.1) is 18.1 Å². The summed E-state index contributed by atoms with van der Waals surface area (Å²) in [6.45, 7) is 3.43. The van der Waals surface area contributed by atoms with Crippen LogP contribution in [0.2, 0.25) is 0 Å². The van der Waals surface area contributed by atoms with Gasteiger partial charge in [0.1, 0.15) is 5.65 Å². The van der Waals surface area contributed by atoms with Gasteiger partial charge in [-0.25, -0.2) is 20.8 Å². The highest BCUT2D eigenvalue weighted by atomic mass is 15.4. The van der Waals surface area contributed by atoms with Crippen LogP contribution < -0.4 is 16.2 Å². The molecule has 4 aromatic heterocycles. The minimum atomic E-state index is 0.574. The second kappa shape index (κ2) is 7.04. The van der Waals surface area contributed by atoms with Gasteiger partial charge in [-0.15, -0.1) is 0 Å². The molecule has 0 aliphatic carbocycles. The minimum Gasteiger partial charge on any atom is -0.363 e. The lowest BCUT2D eigenvalue weighted by Crippen LogP contribution is -2.27. The first-order chi connectivity index (χ1) is 13.1. The number of hydrazine groups is 1. The van der Waals surface area contributed by atoms with E-state index in [0.29, 0.717) is 18.2 Å². The Kier molecular flexibility index (Phi) is 4.43. The maximum Gasteiger partial charge on any atom is 0.185 e. The van der Waals surface area contributed by atoms with Crippen molar-refractivity contribution in [3.8, 4) is 11.3 Å². The van der Waals surface area contributed by atoms with Crippen molar-refractivity contribution in [3.05, 3.63) is 54.9 Å². The summed E-state index contributed by atoms with van der Waals surface area (Å²) in [5.41, 5.74) is 3.67. The molecule has 0 amide bonds. The van der Waals surface area contributed by atoms with E-state index in [1.165, 1.54) is 5.01 Å². The van der Waals surface area contributed by atoms with E-state index in [1.807, 2.05) is 46.7 Å². The molecular formula is C18H21N9. The second-order valence-corrected chi connectivity index (χ2v) is 6.21. The Labute approximate surface area is 156 Å². The zero-order valence-corrected chi connectivity index (χ0v) is 15.2. The third kappa shape index (κ3) is 3.44. The Hall–Kier alpha value is -3.46. The van der Waals surface area contributed by atoms with Gasteiger partial charge >= 0.3 is 0 Å². The van der Waals surface area contributed by atoms with Crippen LogP contribution in [-0.4, -0.2) is 36.2 Å². The van der Waals surface area contributed by atoms with Crippen LogP contribution in [0.3, 0.4) is 0 Å². The molecule has 4 heterocycles. The summed E-state index contributed by atoms with van der Waals surface area (Å²) in [5, 5.41) is 9.09. The number of nitrogens with one attached hydrogen (secondary N) is 1. The van der Waals surface area contributed by atoms with Crippen LogP contribution in [0, 0.1) is 0 Å². The lowest BCUT2D eigenvalue weighted by molar-refractivity contribution is 0.660. The molecule has 0 fully saturated rings. The molecule has 9 heteroatoms. The largest absolute Gasteiger partial charge is 0.363 e. The number of imidazole rings is 1. The molecule has 0 aliphatic heterocycles. The van der Waals surface area contributed by atoms with Crippen molar-refractivity contribution in [1.29, 1.82) is 0 Å². The molecule has 4 rings (SSSR count). The second-order valence-electron chi connectivity index (χ2n) is 6.21. The van der Waals surface area contributed by atoms with E-state index in [1.54, 1.807) is 25.6 Å². The average Bonchev–Trinajstić information content (AvgIpc) is 3.34. The number of aromatic nitrogens is 6. The standard InChI is InChI=1S/C18H21N9/c1-3-27-12-14(9-23-27)15-10-22-18(25(2)19)17(24-15)21-8-13-4-5-16-20-6-7-26(16)11-13/h4-7,9-12H,3,8,19H2,1-2H3,(H,21,24). The molecule has 0 saturated heterocycles. The molecule has 0 radical (unpaired) electrons. The Morgan fingerprint density at radius 1 is 1.19 bits per heavy atom. The molecule has 0 saturated carbocycles. The number of nitrogens with two attached hydrogens (primary N) is 1. The predicted molar refractivity (Wildman–Crippen MR) is 104 cm³/mol. The topological polar surface area (TPSA) is 102 Å². The molecule has 0 unspecified atom stereocenters. The number of aryl methyl sites for hydroxylation is 1. The normalized spacial score (nSPS) is 11.1. The van der Waals surface area contributed by atoms with Crippen LogP contribution in [-0.2, 0) is 13.1 Å². The fraction of sp³-hybridized carbons (Fsp3) is 0.222. The fourth-order valence-corrected chi connectivity index (χ4v) is 2.82. The number of anilines is 2. The molecule has 0 atom stereocenters. The molecule has 0 aromatic carbocycles. The third-order valence-corrected chi connectivity index (χ3v) is 4.25. The number of fused-ring (bicyclic) bond motifs is 1. The molecule has 4 aromatic rings. The quantitative estimate of drug-likeness (QED) is 0.398. The van der Waals surface area contributed by atoms with Gasteiger partial charge in [0.25, 0.3) is 0 Å². The van der Waals surface area contributed by atoms with Crippen molar-refractivity contribution in [2.24, 2.45) is 5.84 Å². The van der Waals surface area contributed by atoms with Crippen LogP contribution in [0.5, 0.6) is 0 Å².